The van der Waals surface area contributed by atoms with Crippen molar-refractivity contribution in [2.45, 2.75) is 39.0 Å². The second kappa shape index (κ2) is 9.50. The molecule has 0 fully saturated rings. The highest BCUT2D eigenvalue weighted by Crippen LogP contribution is 2.21. The van der Waals surface area contributed by atoms with E-state index in [1.54, 1.807) is 6.07 Å². The number of carbonyl (C=O) groups is 1. The number of sulfonamides is 1. The van der Waals surface area contributed by atoms with Crippen molar-refractivity contribution in [2.75, 3.05) is 23.7 Å². The van der Waals surface area contributed by atoms with Gasteiger partial charge in [0.15, 0.2) is 0 Å². The van der Waals surface area contributed by atoms with Crippen molar-refractivity contribution in [2.24, 2.45) is 0 Å². The first-order valence-electron chi connectivity index (χ1n) is 7.85. The number of carbonyl (C=O) groups excluding carboxylic acids is 1. The Hall–Kier alpha value is -1.63. The lowest BCUT2D eigenvalue weighted by Crippen LogP contribution is -2.33. The summed E-state index contributed by atoms with van der Waals surface area (Å²) in [4.78, 5) is 11.7. The minimum Gasteiger partial charge on any atom is -0.356 e. The predicted molar refractivity (Wildman–Crippen MR) is 90.4 cm³/mol. The molecule has 0 bridgehead atoms. The molecule has 0 saturated heterocycles. The average Bonchev–Trinajstić information content (AvgIpc) is 2.48. The molecule has 0 unspecified atom stereocenters. The molecule has 0 atom stereocenters. The summed E-state index contributed by atoms with van der Waals surface area (Å²) < 4.78 is 38.5. The van der Waals surface area contributed by atoms with E-state index >= 15 is 0 Å². The normalized spacial score (nSPS) is 11.3. The van der Waals surface area contributed by atoms with Gasteiger partial charge in [-0.3, -0.25) is 9.10 Å². The first-order chi connectivity index (χ1) is 10.9. The fourth-order valence-electron chi connectivity index (χ4n) is 2.19. The topological polar surface area (TPSA) is 66.5 Å². The number of amides is 1. The summed E-state index contributed by atoms with van der Waals surface area (Å²) in [5.74, 6) is -0.704. The van der Waals surface area contributed by atoms with Crippen molar-refractivity contribution < 1.29 is 17.6 Å². The molecule has 0 aliphatic heterocycles. The van der Waals surface area contributed by atoms with Crippen LogP contribution in [0.5, 0.6) is 0 Å². The summed E-state index contributed by atoms with van der Waals surface area (Å²) in [6, 6.07) is 5.72. The molecule has 0 aliphatic rings. The molecule has 1 aromatic carbocycles. The Kier molecular flexibility index (Phi) is 8.02. The first kappa shape index (κ1) is 19.4. The van der Waals surface area contributed by atoms with Gasteiger partial charge in [-0.05, 0) is 25.0 Å². The minimum atomic E-state index is -3.60. The van der Waals surface area contributed by atoms with Gasteiger partial charge in [-0.2, -0.15) is 0 Å². The fraction of sp³-hybridized carbons (Fsp3) is 0.562. The maximum atomic E-state index is 13.8. The van der Waals surface area contributed by atoms with Gasteiger partial charge in [-0.15, -0.1) is 0 Å². The summed E-state index contributed by atoms with van der Waals surface area (Å²) >= 11 is 0. The number of rotatable bonds is 10. The number of nitrogens with zero attached hydrogens (tertiary/aromatic N) is 1. The predicted octanol–water partition coefficient (Wildman–Crippen LogP) is 2.68. The molecule has 0 spiro atoms. The molecule has 1 N–H and O–H groups in total. The maximum Gasteiger partial charge on any atom is 0.232 e. The summed E-state index contributed by atoms with van der Waals surface area (Å²) in [5.41, 5.74) is 0.0124. The lowest BCUT2D eigenvalue weighted by atomic mass is 10.2. The molecule has 0 saturated carbocycles. The molecule has 23 heavy (non-hydrogen) atoms. The molecule has 1 amide bonds. The van der Waals surface area contributed by atoms with Crippen molar-refractivity contribution in [3.63, 3.8) is 0 Å². The Bertz CT molecular complexity index is 605. The highest BCUT2D eigenvalue weighted by molar-refractivity contribution is 7.92. The van der Waals surface area contributed by atoms with E-state index in [0.717, 1.165) is 29.8 Å². The zero-order chi connectivity index (χ0) is 17.3. The third kappa shape index (κ3) is 6.99. The molecule has 0 aromatic heterocycles. The first-order valence-corrected chi connectivity index (χ1v) is 9.70. The lowest BCUT2D eigenvalue weighted by molar-refractivity contribution is -0.121. The second-order valence-corrected chi connectivity index (χ2v) is 7.35. The van der Waals surface area contributed by atoms with Crippen LogP contribution in [0.25, 0.3) is 0 Å². The standard InChI is InChI=1S/C16H25FN2O3S/c1-3-4-7-12-18-16(20)11-8-13-19(23(2,21)22)15-10-6-5-9-14(15)17/h5-6,9-10H,3-4,7-8,11-13H2,1-2H3,(H,18,20). The molecule has 0 aliphatic carbocycles. The summed E-state index contributed by atoms with van der Waals surface area (Å²) in [6.45, 7) is 2.79. The van der Waals surface area contributed by atoms with E-state index in [-0.39, 0.29) is 24.6 Å². The van der Waals surface area contributed by atoms with Crippen LogP contribution >= 0.6 is 0 Å². The van der Waals surface area contributed by atoms with Gasteiger partial charge in [0.25, 0.3) is 0 Å². The van der Waals surface area contributed by atoms with Gasteiger partial charge in [-0.1, -0.05) is 31.9 Å². The Morgan fingerprint density at radius 3 is 2.52 bits per heavy atom. The van der Waals surface area contributed by atoms with Crippen LogP contribution in [-0.4, -0.2) is 33.7 Å². The number of para-hydroxylation sites is 1. The molecule has 1 aromatic rings. The number of anilines is 1. The van der Waals surface area contributed by atoms with E-state index in [1.165, 1.54) is 18.2 Å². The van der Waals surface area contributed by atoms with Crippen LogP contribution in [-0.2, 0) is 14.8 Å². The Morgan fingerprint density at radius 2 is 1.91 bits per heavy atom. The summed E-state index contributed by atoms with van der Waals surface area (Å²) in [6.07, 6.45) is 4.67. The van der Waals surface area contributed by atoms with E-state index in [9.17, 15) is 17.6 Å². The molecule has 130 valence electrons. The van der Waals surface area contributed by atoms with E-state index < -0.39 is 15.8 Å². The van der Waals surface area contributed by atoms with Gasteiger partial charge in [0.05, 0.1) is 11.9 Å². The zero-order valence-electron chi connectivity index (χ0n) is 13.7. The van der Waals surface area contributed by atoms with Crippen molar-refractivity contribution in [3.8, 4) is 0 Å². The van der Waals surface area contributed by atoms with Crippen molar-refractivity contribution >= 4 is 21.6 Å². The number of hydrogen-bond acceptors (Lipinski definition) is 3. The summed E-state index contributed by atoms with van der Waals surface area (Å²) in [7, 11) is -3.60. The minimum absolute atomic E-state index is 0.0124. The van der Waals surface area contributed by atoms with Crippen LogP contribution in [0.1, 0.15) is 39.0 Å². The largest absolute Gasteiger partial charge is 0.356 e. The van der Waals surface area contributed by atoms with E-state index in [1.807, 2.05) is 0 Å². The highest BCUT2D eigenvalue weighted by Gasteiger charge is 2.20. The van der Waals surface area contributed by atoms with Crippen molar-refractivity contribution in [1.29, 1.82) is 0 Å². The molecule has 7 heteroatoms. The third-order valence-electron chi connectivity index (χ3n) is 3.39. The third-order valence-corrected chi connectivity index (χ3v) is 4.57. The number of nitrogens with one attached hydrogen (secondary N) is 1. The number of hydrogen-bond donors (Lipinski definition) is 1. The van der Waals surface area contributed by atoms with Gasteiger partial charge in [-0.25, -0.2) is 12.8 Å². The lowest BCUT2D eigenvalue weighted by Gasteiger charge is -2.22. The number of benzene rings is 1. The smallest absolute Gasteiger partial charge is 0.232 e. The van der Waals surface area contributed by atoms with Crippen LogP contribution in [0.4, 0.5) is 10.1 Å². The maximum absolute atomic E-state index is 13.8. The fourth-order valence-corrected chi connectivity index (χ4v) is 3.16. The van der Waals surface area contributed by atoms with E-state index in [0.29, 0.717) is 13.0 Å². The van der Waals surface area contributed by atoms with Crippen LogP contribution < -0.4 is 9.62 Å². The van der Waals surface area contributed by atoms with Crippen molar-refractivity contribution in [3.05, 3.63) is 30.1 Å². The molecular formula is C16H25FN2O3S. The Morgan fingerprint density at radius 1 is 1.22 bits per heavy atom. The van der Waals surface area contributed by atoms with Gasteiger partial charge >= 0.3 is 0 Å². The molecule has 5 nitrogen and oxygen atoms in total. The van der Waals surface area contributed by atoms with Crippen molar-refractivity contribution in [1.82, 2.24) is 5.32 Å². The number of unbranched alkanes of at least 4 members (excludes halogenated alkanes) is 2. The highest BCUT2D eigenvalue weighted by atomic mass is 32.2. The van der Waals surface area contributed by atoms with E-state index in [2.05, 4.69) is 12.2 Å². The molecule has 0 heterocycles. The Balaban J connectivity index is 2.54. The molecule has 0 radical (unpaired) electrons. The molecular weight excluding hydrogens is 319 g/mol. The van der Waals surface area contributed by atoms with Crippen LogP contribution in [0.2, 0.25) is 0 Å². The second-order valence-electron chi connectivity index (χ2n) is 5.45. The van der Waals surface area contributed by atoms with E-state index in [4.69, 9.17) is 0 Å². The summed E-state index contributed by atoms with van der Waals surface area (Å²) in [5, 5.41) is 2.80. The van der Waals surface area contributed by atoms with Gasteiger partial charge in [0, 0.05) is 19.5 Å². The quantitative estimate of drug-likeness (QED) is 0.664. The van der Waals surface area contributed by atoms with Gasteiger partial charge in [0.1, 0.15) is 5.82 Å². The number of halogens is 1. The Labute approximate surface area is 137 Å². The van der Waals surface area contributed by atoms with Crippen LogP contribution in [0.3, 0.4) is 0 Å². The van der Waals surface area contributed by atoms with Gasteiger partial charge in [0.2, 0.25) is 15.9 Å². The molecule has 1 rings (SSSR count). The van der Waals surface area contributed by atoms with Gasteiger partial charge < -0.3 is 5.32 Å². The van der Waals surface area contributed by atoms with Crippen LogP contribution in [0.15, 0.2) is 24.3 Å². The average molecular weight is 344 g/mol. The zero-order valence-corrected chi connectivity index (χ0v) is 14.5. The monoisotopic (exact) mass is 344 g/mol. The van der Waals surface area contributed by atoms with Crippen LogP contribution in [0, 0.1) is 5.82 Å². The SMILES string of the molecule is CCCCCNC(=O)CCCN(c1ccccc1F)S(C)(=O)=O.